The topological polar surface area (TPSA) is 116 Å². The molecular formula is C35H36N2O6. The zero-order chi connectivity index (χ0) is 30.6. The molecule has 0 radical (unpaired) electrons. The summed E-state index contributed by atoms with van der Waals surface area (Å²) in [6.07, 6.45) is 0.309. The molecule has 0 spiro atoms. The van der Waals surface area contributed by atoms with E-state index in [1.165, 1.54) is 0 Å². The minimum absolute atomic E-state index is 0.0328. The second kappa shape index (κ2) is 15.3. The standard InChI is InChI=1S/C35H36N2O6/c1-2-43-27-14-10-11-25(23-27)19-21-37(22-20-33(39)40)35(42)31-18-9-7-16-29(31)28-15-6-8-17-30(28)34(41)36-32(24-38)26-12-4-3-5-13-26/h3-18,23,32,38H,2,19-22,24H2,1H3,(H,36,41)(H,39,40)/t32-/m0/s1. The highest BCUT2D eigenvalue weighted by atomic mass is 16.5. The number of carbonyl (C=O) groups is 3. The third kappa shape index (κ3) is 8.30. The van der Waals surface area contributed by atoms with Gasteiger partial charge in [0.1, 0.15) is 5.75 Å². The Morgan fingerprint density at radius 1 is 0.814 bits per heavy atom. The van der Waals surface area contributed by atoms with E-state index in [0.717, 1.165) is 16.9 Å². The quantitative estimate of drug-likeness (QED) is 0.185. The largest absolute Gasteiger partial charge is 0.494 e. The first-order valence-electron chi connectivity index (χ1n) is 14.3. The van der Waals surface area contributed by atoms with E-state index in [9.17, 15) is 24.6 Å². The second-order valence-electron chi connectivity index (χ2n) is 9.98. The molecule has 0 aliphatic heterocycles. The van der Waals surface area contributed by atoms with Gasteiger partial charge in [0.15, 0.2) is 0 Å². The van der Waals surface area contributed by atoms with Gasteiger partial charge < -0.3 is 25.2 Å². The first-order chi connectivity index (χ1) is 20.9. The predicted octanol–water partition coefficient (Wildman–Crippen LogP) is 5.38. The van der Waals surface area contributed by atoms with Crippen LogP contribution >= 0.6 is 0 Å². The number of aliphatic hydroxyl groups excluding tert-OH is 1. The number of hydrogen-bond acceptors (Lipinski definition) is 5. The molecule has 0 aromatic heterocycles. The summed E-state index contributed by atoms with van der Waals surface area (Å²) in [6, 6.07) is 30.2. The van der Waals surface area contributed by atoms with Crippen molar-refractivity contribution in [3.63, 3.8) is 0 Å². The van der Waals surface area contributed by atoms with E-state index < -0.39 is 17.9 Å². The molecule has 3 N–H and O–H groups in total. The summed E-state index contributed by atoms with van der Waals surface area (Å²) in [5, 5.41) is 22.3. The third-order valence-electron chi connectivity index (χ3n) is 7.07. The fourth-order valence-electron chi connectivity index (χ4n) is 4.91. The Hall–Kier alpha value is -4.95. The third-order valence-corrected chi connectivity index (χ3v) is 7.07. The molecule has 8 heteroatoms. The molecule has 4 aromatic carbocycles. The number of carboxylic acids is 1. The van der Waals surface area contributed by atoms with Crippen molar-refractivity contribution in [1.82, 2.24) is 10.2 Å². The molecule has 2 amide bonds. The van der Waals surface area contributed by atoms with E-state index in [2.05, 4.69) is 5.32 Å². The van der Waals surface area contributed by atoms with Gasteiger partial charge in [0.2, 0.25) is 0 Å². The van der Waals surface area contributed by atoms with Crippen LogP contribution in [0.25, 0.3) is 11.1 Å². The van der Waals surface area contributed by atoms with Gasteiger partial charge in [0, 0.05) is 24.2 Å². The van der Waals surface area contributed by atoms with E-state index in [0.29, 0.717) is 41.8 Å². The van der Waals surface area contributed by atoms with Gasteiger partial charge >= 0.3 is 5.97 Å². The van der Waals surface area contributed by atoms with Gasteiger partial charge in [0.25, 0.3) is 11.8 Å². The molecule has 0 fully saturated rings. The van der Waals surface area contributed by atoms with E-state index in [-0.39, 0.29) is 25.5 Å². The Kier molecular flexibility index (Phi) is 11.0. The van der Waals surface area contributed by atoms with Crippen LogP contribution in [-0.4, -0.2) is 59.2 Å². The molecule has 0 bridgehead atoms. The molecule has 0 aliphatic carbocycles. The molecule has 0 unspecified atom stereocenters. The lowest BCUT2D eigenvalue weighted by molar-refractivity contribution is -0.137. The van der Waals surface area contributed by atoms with Crippen molar-refractivity contribution in [3.8, 4) is 16.9 Å². The van der Waals surface area contributed by atoms with Gasteiger partial charge in [-0.2, -0.15) is 0 Å². The van der Waals surface area contributed by atoms with Gasteiger partial charge in [-0.05, 0) is 59.9 Å². The van der Waals surface area contributed by atoms with E-state index in [1.807, 2.05) is 61.5 Å². The molecule has 43 heavy (non-hydrogen) atoms. The van der Waals surface area contributed by atoms with Crippen LogP contribution in [0.3, 0.4) is 0 Å². The minimum atomic E-state index is -0.997. The second-order valence-corrected chi connectivity index (χ2v) is 9.98. The fraction of sp³-hybridized carbons (Fsp3) is 0.229. The van der Waals surface area contributed by atoms with Crippen molar-refractivity contribution in [1.29, 1.82) is 0 Å². The number of nitrogens with one attached hydrogen (secondary N) is 1. The SMILES string of the molecule is CCOc1cccc(CCN(CCC(=O)O)C(=O)c2ccccc2-c2ccccc2C(=O)N[C@@H](CO)c2ccccc2)c1. The van der Waals surface area contributed by atoms with Crippen LogP contribution < -0.4 is 10.1 Å². The number of aliphatic carboxylic acids is 1. The molecule has 0 heterocycles. The summed E-state index contributed by atoms with van der Waals surface area (Å²) in [4.78, 5) is 40.5. The molecule has 4 aromatic rings. The number of carbonyl (C=O) groups excluding carboxylic acids is 2. The van der Waals surface area contributed by atoms with Crippen LogP contribution in [0, 0.1) is 0 Å². The number of ether oxygens (including phenoxy) is 1. The van der Waals surface area contributed by atoms with Crippen LogP contribution in [0.15, 0.2) is 103 Å². The average molecular weight is 581 g/mol. The van der Waals surface area contributed by atoms with Crippen LogP contribution in [-0.2, 0) is 11.2 Å². The Morgan fingerprint density at radius 3 is 2.14 bits per heavy atom. The van der Waals surface area contributed by atoms with Crippen molar-refractivity contribution in [2.24, 2.45) is 0 Å². The van der Waals surface area contributed by atoms with Crippen molar-refractivity contribution >= 4 is 17.8 Å². The summed E-state index contributed by atoms with van der Waals surface area (Å²) >= 11 is 0. The van der Waals surface area contributed by atoms with E-state index >= 15 is 0 Å². The maximum atomic E-state index is 14.0. The summed E-state index contributed by atoms with van der Waals surface area (Å²) in [7, 11) is 0. The first-order valence-corrected chi connectivity index (χ1v) is 14.3. The van der Waals surface area contributed by atoms with Crippen molar-refractivity contribution < 1.29 is 29.3 Å². The maximum Gasteiger partial charge on any atom is 0.305 e. The van der Waals surface area contributed by atoms with Crippen molar-refractivity contribution in [3.05, 3.63) is 125 Å². The van der Waals surface area contributed by atoms with Gasteiger partial charge in [-0.25, -0.2) is 0 Å². The normalized spacial score (nSPS) is 11.4. The molecule has 0 aliphatic rings. The summed E-state index contributed by atoms with van der Waals surface area (Å²) in [5.41, 5.74) is 3.55. The number of rotatable bonds is 14. The summed E-state index contributed by atoms with van der Waals surface area (Å²) in [5.74, 6) is -0.981. The van der Waals surface area contributed by atoms with Gasteiger partial charge in [0.05, 0.1) is 25.7 Å². The van der Waals surface area contributed by atoms with Crippen LogP contribution in [0.1, 0.15) is 51.2 Å². The summed E-state index contributed by atoms with van der Waals surface area (Å²) in [6.45, 7) is 2.50. The summed E-state index contributed by atoms with van der Waals surface area (Å²) < 4.78 is 5.60. The zero-order valence-corrected chi connectivity index (χ0v) is 24.1. The Morgan fingerprint density at radius 2 is 1.47 bits per heavy atom. The number of amides is 2. The van der Waals surface area contributed by atoms with Gasteiger partial charge in [-0.1, -0.05) is 78.9 Å². The van der Waals surface area contributed by atoms with Crippen LogP contribution in [0.4, 0.5) is 0 Å². The van der Waals surface area contributed by atoms with Crippen LogP contribution in [0.2, 0.25) is 0 Å². The van der Waals surface area contributed by atoms with Gasteiger partial charge in [-0.15, -0.1) is 0 Å². The van der Waals surface area contributed by atoms with Gasteiger partial charge in [-0.3, -0.25) is 14.4 Å². The monoisotopic (exact) mass is 580 g/mol. The molecule has 222 valence electrons. The smallest absolute Gasteiger partial charge is 0.305 e. The number of aliphatic hydroxyl groups is 1. The lowest BCUT2D eigenvalue weighted by Crippen LogP contribution is -2.35. The predicted molar refractivity (Wildman–Crippen MR) is 165 cm³/mol. The fourth-order valence-corrected chi connectivity index (χ4v) is 4.91. The number of hydrogen-bond donors (Lipinski definition) is 3. The molecule has 0 saturated heterocycles. The lowest BCUT2D eigenvalue weighted by Gasteiger charge is -2.24. The molecule has 4 rings (SSSR count). The lowest BCUT2D eigenvalue weighted by atomic mass is 9.94. The molecule has 0 saturated carbocycles. The highest BCUT2D eigenvalue weighted by molar-refractivity contribution is 6.06. The Bertz CT molecular complexity index is 1540. The van der Waals surface area contributed by atoms with E-state index in [4.69, 9.17) is 4.74 Å². The number of benzene rings is 4. The Balaban J connectivity index is 1.62. The molecular weight excluding hydrogens is 544 g/mol. The average Bonchev–Trinajstić information content (AvgIpc) is 3.04. The highest BCUT2D eigenvalue weighted by Gasteiger charge is 2.23. The maximum absolute atomic E-state index is 14.0. The first kappa shape index (κ1) is 31.0. The Labute approximate surface area is 251 Å². The molecule has 1 atom stereocenters. The van der Waals surface area contributed by atoms with Crippen LogP contribution in [0.5, 0.6) is 5.75 Å². The highest BCUT2D eigenvalue weighted by Crippen LogP contribution is 2.29. The molecule has 8 nitrogen and oxygen atoms in total. The minimum Gasteiger partial charge on any atom is -0.494 e. The van der Waals surface area contributed by atoms with Crippen molar-refractivity contribution in [2.45, 2.75) is 25.8 Å². The number of nitrogens with zero attached hydrogens (tertiary/aromatic N) is 1. The van der Waals surface area contributed by atoms with E-state index in [1.54, 1.807) is 53.4 Å². The zero-order valence-electron chi connectivity index (χ0n) is 24.1. The van der Waals surface area contributed by atoms with Crippen molar-refractivity contribution in [2.75, 3.05) is 26.3 Å². The number of carboxylic acid groups (broad SMARTS) is 1.